The van der Waals surface area contributed by atoms with E-state index in [-0.39, 0.29) is 36.8 Å². The van der Waals surface area contributed by atoms with E-state index >= 15 is 0 Å². The number of carbonyl (C=O) groups is 1. The summed E-state index contributed by atoms with van der Waals surface area (Å²) in [5.41, 5.74) is 5.54. The molecule has 7 heteroatoms. The maximum Gasteiger partial charge on any atom is 0.236 e. The summed E-state index contributed by atoms with van der Waals surface area (Å²) in [5.74, 6) is 0.945. The molecular weight excluding hydrogens is 299 g/mol. The summed E-state index contributed by atoms with van der Waals surface area (Å²) in [6, 6.07) is 5.73. The minimum absolute atomic E-state index is 0. The number of carbonyl (C=O) groups excluding carboxylic acids is 1. The number of hydrogen-bond acceptors (Lipinski definition) is 4. The van der Waals surface area contributed by atoms with Crippen molar-refractivity contribution in [1.29, 1.82) is 0 Å². The zero-order valence-electron chi connectivity index (χ0n) is 11.5. The van der Waals surface area contributed by atoms with Crippen LogP contribution in [0.2, 0.25) is 0 Å². The van der Waals surface area contributed by atoms with Gasteiger partial charge in [0, 0.05) is 25.3 Å². The fourth-order valence-electron chi connectivity index (χ4n) is 2.13. The van der Waals surface area contributed by atoms with E-state index in [1.807, 2.05) is 18.2 Å². The van der Waals surface area contributed by atoms with E-state index in [2.05, 4.69) is 15.2 Å². The molecule has 0 radical (unpaired) electrons. The molecule has 0 bridgehead atoms. The van der Waals surface area contributed by atoms with Crippen LogP contribution in [-0.4, -0.2) is 36.1 Å². The van der Waals surface area contributed by atoms with Crippen LogP contribution in [0.3, 0.4) is 0 Å². The fraction of sp³-hybridized carbons (Fsp3) is 0.538. The van der Waals surface area contributed by atoms with Gasteiger partial charge in [-0.05, 0) is 31.9 Å². The Labute approximate surface area is 132 Å². The number of piperidine rings is 1. The van der Waals surface area contributed by atoms with Gasteiger partial charge in [-0.15, -0.1) is 24.8 Å². The first-order valence-corrected chi connectivity index (χ1v) is 6.39. The number of nitrogens with one attached hydrogen (secondary N) is 1. The molecule has 0 saturated carbocycles. The highest BCUT2D eigenvalue weighted by atomic mass is 35.5. The number of rotatable bonds is 3. The highest BCUT2D eigenvalue weighted by Crippen LogP contribution is 2.17. The van der Waals surface area contributed by atoms with Crippen LogP contribution >= 0.6 is 24.8 Å². The third-order valence-electron chi connectivity index (χ3n) is 3.23. The number of nitrogens with two attached hydrogens (primary N) is 1. The van der Waals surface area contributed by atoms with Crippen molar-refractivity contribution in [2.45, 2.75) is 31.8 Å². The largest absolute Gasteiger partial charge is 0.356 e. The van der Waals surface area contributed by atoms with Crippen molar-refractivity contribution in [3.05, 3.63) is 24.4 Å². The van der Waals surface area contributed by atoms with E-state index in [1.165, 1.54) is 0 Å². The van der Waals surface area contributed by atoms with Crippen molar-refractivity contribution in [1.82, 2.24) is 10.3 Å². The highest BCUT2D eigenvalue weighted by molar-refractivity contribution is 5.85. The van der Waals surface area contributed by atoms with Gasteiger partial charge in [-0.3, -0.25) is 4.79 Å². The number of anilines is 1. The molecule has 1 aliphatic heterocycles. The Morgan fingerprint density at radius 2 is 2.05 bits per heavy atom. The monoisotopic (exact) mass is 320 g/mol. The Morgan fingerprint density at radius 3 is 2.55 bits per heavy atom. The first kappa shape index (κ1) is 19.0. The Bertz CT molecular complexity index is 395. The van der Waals surface area contributed by atoms with E-state index < -0.39 is 6.04 Å². The minimum atomic E-state index is -0.432. The first-order chi connectivity index (χ1) is 8.66. The van der Waals surface area contributed by atoms with Crippen molar-refractivity contribution >= 4 is 36.5 Å². The van der Waals surface area contributed by atoms with Gasteiger partial charge in [0.2, 0.25) is 5.91 Å². The van der Waals surface area contributed by atoms with Crippen LogP contribution in [0, 0.1) is 0 Å². The summed E-state index contributed by atoms with van der Waals surface area (Å²) in [4.78, 5) is 18.1. The van der Waals surface area contributed by atoms with Crippen LogP contribution in [0.25, 0.3) is 0 Å². The fourth-order valence-corrected chi connectivity index (χ4v) is 2.13. The van der Waals surface area contributed by atoms with E-state index in [9.17, 15) is 4.79 Å². The summed E-state index contributed by atoms with van der Waals surface area (Å²) >= 11 is 0. The molecule has 20 heavy (non-hydrogen) atoms. The molecule has 1 unspecified atom stereocenters. The van der Waals surface area contributed by atoms with E-state index in [1.54, 1.807) is 13.1 Å². The van der Waals surface area contributed by atoms with Gasteiger partial charge >= 0.3 is 0 Å². The van der Waals surface area contributed by atoms with Crippen LogP contribution in [0.1, 0.15) is 19.8 Å². The average molecular weight is 321 g/mol. The van der Waals surface area contributed by atoms with Gasteiger partial charge in [-0.25, -0.2) is 4.98 Å². The maximum absolute atomic E-state index is 11.5. The first-order valence-electron chi connectivity index (χ1n) is 6.39. The quantitative estimate of drug-likeness (QED) is 0.882. The predicted molar refractivity (Wildman–Crippen MR) is 85.8 cm³/mol. The molecule has 3 N–H and O–H groups in total. The van der Waals surface area contributed by atoms with Crippen molar-refractivity contribution in [2.75, 3.05) is 18.0 Å². The van der Waals surface area contributed by atoms with Crippen molar-refractivity contribution in [3.8, 4) is 0 Å². The van der Waals surface area contributed by atoms with Gasteiger partial charge in [-0.2, -0.15) is 0 Å². The second kappa shape index (κ2) is 9.00. The molecule has 5 nitrogen and oxygen atoms in total. The number of hydrogen-bond donors (Lipinski definition) is 2. The molecule has 0 aliphatic carbocycles. The second-order valence-corrected chi connectivity index (χ2v) is 4.75. The molecule has 2 rings (SSSR count). The molecule has 1 aromatic heterocycles. The Hall–Kier alpha value is -1.04. The Morgan fingerprint density at radius 1 is 1.40 bits per heavy atom. The van der Waals surface area contributed by atoms with Crippen LogP contribution in [-0.2, 0) is 4.79 Å². The second-order valence-electron chi connectivity index (χ2n) is 4.75. The molecule has 1 aliphatic rings. The number of amides is 1. The summed E-state index contributed by atoms with van der Waals surface area (Å²) < 4.78 is 0. The number of pyridine rings is 1. The maximum atomic E-state index is 11.5. The van der Waals surface area contributed by atoms with Crippen molar-refractivity contribution < 1.29 is 4.79 Å². The van der Waals surface area contributed by atoms with Crippen LogP contribution in [0.15, 0.2) is 24.4 Å². The molecular formula is C13H22Cl2N4O. The summed E-state index contributed by atoms with van der Waals surface area (Å²) in [6.45, 7) is 3.54. The van der Waals surface area contributed by atoms with E-state index in [4.69, 9.17) is 5.73 Å². The topological polar surface area (TPSA) is 71.2 Å². The van der Waals surface area contributed by atoms with Gasteiger partial charge < -0.3 is 16.0 Å². The number of halogens is 2. The summed E-state index contributed by atoms with van der Waals surface area (Å²) in [6.07, 6.45) is 3.68. The molecule has 2 heterocycles. The van der Waals surface area contributed by atoms with E-state index in [0.717, 1.165) is 31.7 Å². The van der Waals surface area contributed by atoms with Crippen LogP contribution in [0.4, 0.5) is 5.82 Å². The molecule has 1 fully saturated rings. The van der Waals surface area contributed by atoms with E-state index in [0.29, 0.717) is 0 Å². The zero-order chi connectivity index (χ0) is 13.0. The molecule has 1 aromatic rings. The zero-order valence-corrected chi connectivity index (χ0v) is 13.1. The molecule has 0 spiro atoms. The molecule has 1 saturated heterocycles. The van der Waals surface area contributed by atoms with Crippen LogP contribution in [0.5, 0.6) is 0 Å². The molecule has 1 atom stereocenters. The van der Waals surface area contributed by atoms with Gasteiger partial charge in [0.15, 0.2) is 0 Å². The van der Waals surface area contributed by atoms with Gasteiger partial charge in [0.1, 0.15) is 5.82 Å². The third kappa shape index (κ3) is 5.15. The summed E-state index contributed by atoms with van der Waals surface area (Å²) in [5, 5.41) is 2.98. The smallest absolute Gasteiger partial charge is 0.236 e. The number of nitrogens with zero attached hydrogens (tertiary/aromatic N) is 2. The van der Waals surface area contributed by atoms with Gasteiger partial charge in [0.05, 0.1) is 6.04 Å². The van der Waals surface area contributed by atoms with Crippen molar-refractivity contribution in [3.63, 3.8) is 0 Å². The van der Waals surface area contributed by atoms with Crippen LogP contribution < -0.4 is 16.0 Å². The number of aromatic nitrogens is 1. The Kier molecular flexibility index (Phi) is 8.53. The lowest BCUT2D eigenvalue weighted by atomic mass is 10.0. The lowest BCUT2D eigenvalue weighted by Crippen LogP contribution is -2.49. The molecule has 114 valence electrons. The lowest BCUT2D eigenvalue weighted by molar-refractivity contribution is -0.122. The third-order valence-corrected chi connectivity index (χ3v) is 3.23. The average Bonchev–Trinajstić information content (AvgIpc) is 2.40. The normalized spacial score (nSPS) is 16.6. The Balaban J connectivity index is 0.00000180. The molecule has 0 aromatic carbocycles. The minimum Gasteiger partial charge on any atom is -0.356 e. The highest BCUT2D eigenvalue weighted by Gasteiger charge is 2.22. The van der Waals surface area contributed by atoms with Gasteiger partial charge in [-0.1, -0.05) is 6.07 Å². The summed E-state index contributed by atoms with van der Waals surface area (Å²) in [7, 11) is 0. The standard InChI is InChI=1S/C13H20N4O.2ClH/c1-10(14)13(18)16-11-5-8-17(9-6-11)12-4-2-3-7-15-12;;/h2-4,7,10-11H,5-6,8-9,14H2,1H3,(H,16,18);2*1H. The predicted octanol–water partition coefficient (Wildman–Crippen LogP) is 1.36. The van der Waals surface area contributed by atoms with Crippen molar-refractivity contribution in [2.24, 2.45) is 5.73 Å². The SMILES string of the molecule is CC(N)C(=O)NC1CCN(c2ccccn2)CC1.Cl.Cl. The lowest BCUT2D eigenvalue weighted by Gasteiger charge is -2.33. The molecule has 1 amide bonds. The van der Waals surface area contributed by atoms with Gasteiger partial charge in [0.25, 0.3) is 0 Å².